The molecule has 0 heterocycles. The van der Waals surface area contributed by atoms with E-state index in [9.17, 15) is 0 Å². The standard InChI is InChI=1S/C19H25NO/c1-3-4-5-19(21-2)18-12-10-17(11-13-18)16-8-6-15(14-20)7-9-16/h3-4,6-9,17-19H,5,10-13H2,1-2H3/b4-3+. The van der Waals surface area contributed by atoms with E-state index in [2.05, 4.69) is 37.3 Å². The molecule has 1 aliphatic carbocycles. The molecule has 1 aliphatic rings. The quantitative estimate of drug-likeness (QED) is 0.726. The zero-order chi connectivity index (χ0) is 15.1. The maximum Gasteiger partial charge on any atom is 0.0991 e. The minimum absolute atomic E-state index is 0.364. The molecule has 1 fully saturated rings. The molecular weight excluding hydrogens is 258 g/mol. The van der Waals surface area contributed by atoms with Gasteiger partial charge in [-0.1, -0.05) is 24.3 Å². The van der Waals surface area contributed by atoms with Crippen molar-refractivity contribution in [1.29, 1.82) is 5.26 Å². The summed E-state index contributed by atoms with van der Waals surface area (Å²) >= 11 is 0. The molecule has 0 aromatic heterocycles. The van der Waals surface area contributed by atoms with Crippen molar-refractivity contribution in [3.63, 3.8) is 0 Å². The smallest absolute Gasteiger partial charge is 0.0991 e. The lowest BCUT2D eigenvalue weighted by Crippen LogP contribution is -2.26. The maximum atomic E-state index is 8.86. The molecule has 0 radical (unpaired) electrons. The Morgan fingerprint density at radius 2 is 1.90 bits per heavy atom. The highest BCUT2D eigenvalue weighted by Gasteiger charge is 2.27. The molecule has 2 rings (SSSR count). The van der Waals surface area contributed by atoms with Crippen molar-refractivity contribution in [1.82, 2.24) is 0 Å². The van der Waals surface area contributed by atoms with Gasteiger partial charge < -0.3 is 4.74 Å². The van der Waals surface area contributed by atoms with Crippen LogP contribution in [0.5, 0.6) is 0 Å². The van der Waals surface area contributed by atoms with Gasteiger partial charge in [0.15, 0.2) is 0 Å². The van der Waals surface area contributed by atoms with E-state index in [1.165, 1.54) is 31.2 Å². The van der Waals surface area contributed by atoms with E-state index in [-0.39, 0.29) is 0 Å². The first-order chi connectivity index (χ1) is 10.3. The SMILES string of the molecule is C/C=C/CC(OC)C1CCC(c2ccc(C#N)cc2)CC1. The first-order valence-electron chi connectivity index (χ1n) is 7.92. The van der Waals surface area contributed by atoms with E-state index in [1.807, 2.05) is 19.2 Å². The van der Waals surface area contributed by atoms with Crippen LogP contribution in [-0.2, 0) is 4.74 Å². The van der Waals surface area contributed by atoms with Gasteiger partial charge in [-0.3, -0.25) is 0 Å². The Hall–Kier alpha value is -1.59. The Labute approximate surface area is 128 Å². The van der Waals surface area contributed by atoms with Gasteiger partial charge in [-0.15, -0.1) is 0 Å². The Bertz CT molecular complexity index is 489. The highest BCUT2D eigenvalue weighted by atomic mass is 16.5. The fourth-order valence-electron chi connectivity index (χ4n) is 3.41. The molecule has 0 spiro atoms. The van der Waals surface area contributed by atoms with E-state index in [1.54, 1.807) is 0 Å². The van der Waals surface area contributed by atoms with Crippen LogP contribution in [0.3, 0.4) is 0 Å². The van der Waals surface area contributed by atoms with Crippen LogP contribution in [0.1, 0.15) is 56.1 Å². The van der Waals surface area contributed by atoms with E-state index >= 15 is 0 Å². The van der Waals surface area contributed by atoms with Gasteiger partial charge in [-0.25, -0.2) is 0 Å². The third-order valence-corrected chi connectivity index (χ3v) is 4.72. The number of methoxy groups -OCH3 is 1. The molecule has 1 aromatic rings. The van der Waals surface area contributed by atoms with Crippen molar-refractivity contribution in [2.24, 2.45) is 5.92 Å². The van der Waals surface area contributed by atoms with Crippen LogP contribution in [0.25, 0.3) is 0 Å². The van der Waals surface area contributed by atoms with Crippen molar-refractivity contribution < 1.29 is 4.74 Å². The summed E-state index contributed by atoms with van der Waals surface area (Å²) in [5.74, 6) is 1.33. The molecule has 1 saturated carbocycles. The number of ether oxygens (including phenoxy) is 1. The third kappa shape index (κ3) is 4.19. The molecule has 0 aliphatic heterocycles. The second-order valence-corrected chi connectivity index (χ2v) is 5.92. The Kier molecular flexibility index (Phi) is 6.02. The average Bonchev–Trinajstić information content (AvgIpc) is 2.56. The number of rotatable bonds is 5. The van der Waals surface area contributed by atoms with Gasteiger partial charge in [-0.05, 0) is 68.6 Å². The number of nitriles is 1. The lowest BCUT2D eigenvalue weighted by Gasteiger charge is -2.33. The van der Waals surface area contributed by atoms with E-state index in [4.69, 9.17) is 10.00 Å². The van der Waals surface area contributed by atoms with E-state index in [0.29, 0.717) is 17.9 Å². The molecule has 1 unspecified atom stereocenters. The van der Waals surface area contributed by atoms with Crippen molar-refractivity contribution in [3.05, 3.63) is 47.5 Å². The van der Waals surface area contributed by atoms with Crippen molar-refractivity contribution >= 4 is 0 Å². The maximum absolute atomic E-state index is 8.86. The molecule has 1 atom stereocenters. The number of benzene rings is 1. The monoisotopic (exact) mass is 283 g/mol. The summed E-state index contributed by atoms with van der Waals surface area (Å²) in [6.07, 6.45) is 10.6. The predicted octanol–water partition coefficient (Wildman–Crippen LogP) is 4.81. The molecule has 1 aromatic carbocycles. The Morgan fingerprint density at radius 3 is 2.43 bits per heavy atom. The zero-order valence-corrected chi connectivity index (χ0v) is 13.1. The van der Waals surface area contributed by atoms with Gasteiger partial charge in [0.2, 0.25) is 0 Å². The van der Waals surface area contributed by atoms with Gasteiger partial charge in [0.25, 0.3) is 0 Å². The van der Waals surface area contributed by atoms with Gasteiger partial charge in [0, 0.05) is 7.11 Å². The molecule has 0 saturated heterocycles. The summed E-state index contributed by atoms with van der Waals surface area (Å²) in [6.45, 7) is 2.06. The molecule has 21 heavy (non-hydrogen) atoms. The van der Waals surface area contributed by atoms with Crippen LogP contribution in [-0.4, -0.2) is 13.2 Å². The van der Waals surface area contributed by atoms with Crippen LogP contribution < -0.4 is 0 Å². The van der Waals surface area contributed by atoms with Crippen LogP contribution in [0.4, 0.5) is 0 Å². The minimum Gasteiger partial charge on any atom is -0.381 e. The number of hydrogen-bond donors (Lipinski definition) is 0. The molecular formula is C19H25NO. The predicted molar refractivity (Wildman–Crippen MR) is 86.1 cm³/mol. The molecule has 2 heteroatoms. The third-order valence-electron chi connectivity index (χ3n) is 4.72. The number of hydrogen-bond acceptors (Lipinski definition) is 2. The fraction of sp³-hybridized carbons (Fsp3) is 0.526. The second kappa shape index (κ2) is 8.00. The summed E-state index contributed by atoms with van der Waals surface area (Å²) < 4.78 is 5.68. The molecule has 0 amide bonds. The second-order valence-electron chi connectivity index (χ2n) is 5.92. The molecule has 0 N–H and O–H groups in total. The number of allylic oxidation sites excluding steroid dienone is 1. The first kappa shape index (κ1) is 15.8. The Balaban J connectivity index is 1.91. The van der Waals surface area contributed by atoms with Crippen molar-refractivity contribution in [3.8, 4) is 6.07 Å². The fourth-order valence-corrected chi connectivity index (χ4v) is 3.41. The zero-order valence-electron chi connectivity index (χ0n) is 13.1. The van der Waals surface area contributed by atoms with Gasteiger partial charge in [0.05, 0.1) is 17.7 Å². The minimum atomic E-state index is 0.364. The normalized spacial score (nSPS) is 23.9. The van der Waals surface area contributed by atoms with Crippen LogP contribution in [0, 0.1) is 17.2 Å². The van der Waals surface area contributed by atoms with Gasteiger partial charge in [-0.2, -0.15) is 5.26 Å². The molecule has 112 valence electrons. The lowest BCUT2D eigenvalue weighted by molar-refractivity contribution is 0.0364. The Morgan fingerprint density at radius 1 is 1.24 bits per heavy atom. The van der Waals surface area contributed by atoms with Crippen LogP contribution >= 0.6 is 0 Å². The summed E-state index contributed by atoms with van der Waals surface area (Å²) in [5.41, 5.74) is 2.13. The topological polar surface area (TPSA) is 33.0 Å². The largest absolute Gasteiger partial charge is 0.381 e. The highest BCUT2D eigenvalue weighted by Crippen LogP contribution is 2.38. The summed E-state index contributed by atoms with van der Waals surface area (Å²) in [7, 11) is 1.83. The van der Waals surface area contributed by atoms with Crippen LogP contribution in [0.2, 0.25) is 0 Å². The van der Waals surface area contributed by atoms with Gasteiger partial charge in [0.1, 0.15) is 0 Å². The first-order valence-corrected chi connectivity index (χ1v) is 7.92. The van der Waals surface area contributed by atoms with Crippen molar-refractivity contribution in [2.45, 2.75) is 51.0 Å². The molecule has 2 nitrogen and oxygen atoms in total. The summed E-state index contributed by atoms with van der Waals surface area (Å²) in [4.78, 5) is 0. The van der Waals surface area contributed by atoms with Crippen LogP contribution in [0.15, 0.2) is 36.4 Å². The van der Waals surface area contributed by atoms with Crippen molar-refractivity contribution in [2.75, 3.05) is 7.11 Å². The van der Waals surface area contributed by atoms with Gasteiger partial charge >= 0.3 is 0 Å². The average molecular weight is 283 g/mol. The lowest BCUT2D eigenvalue weighted by atomic mass is 9.76. The number of nitrogens with zero attached hydrogens (tertiary/aromatic N) is 1. The summed E-state index contributed by atoms with van der Waals surface area (Å²) in [5, 5.41) is 8.86. The van der Waals surface area contributed by atoms with E-state index in [0.717, 1.165) is 12.0 Å². The van der Waals surface area contributed by atoms with E-state index < -0.39 is 0 Å². The highest BCUT2D eigenvalue weighted by molar-refractivity contribution is 5.33. The molecule has 0 bridgehead atoms. The summed E-state index contributed by atoms with van der Waals surface area (Å²) in [6, 6.07) is 10.3.